The molecule has 29 heavy (non-hydrogen) atoms. The minimum Gasteiger partial charge on any atom is -0.336 e. The summed E-state index contributed by atoms with van der Waals surface area (Å²) in [6, 6.07) is 10.1. The van der Waals surface area contributed by atoms with Crippen molar-refractivity contribution < 1.29 is 14.5 Å². The second-order valence-electron chi connectivity index (χ2n) is 7.35. The third kappa shape index (κ3) is 6.09. The smallest absolute Gasteiger partial charge is 0.274 e. The van der Waals surface area contributed by atoms with E-state index in [9.17, 15) is 9.59 Å². The van der Waals surface area contributed by atoms with Crippen LogP contribution < -0.4 is 4.90 Å². The number of quaternary nitrogens is 1. The van der Waals surface area contributed by atoms with Crippen LogP contribution >= 0.6 is 0 Å². The first-order chi connectivity index (χ1) is 14.2. The number of rotatable bonds is 8. The molecule has 0 bridgehead atoms. The molecule has 0 unspecified atom stereocenters. The zero-order chi connectivity index (χ0) is 20.5. The zero-order valence-electron chi connectivity index (χ0n) is 17.1. The maximum atomic E-state index is 12.9. The number of carbonyl (C=O) groups excluding carboxylic acids is 2. The van der Waals surface area contributed by atoms with Gasteiger partial charge >= 0.3 is 0 Å². The summed E-state index contributed by atoms with van der Waals surface area (Å²) in [5.74, 6) is -0.0566. The highest BCUT2D eigenvalue weighted by molar-refractivity contribution is 5.92. The first-order valence-electron chi connectivity index (χ1n) is 10.4. The van der Waals surface area contributed by atoms with Gasteiger partial charge in [-0.3, -0.25) is 14.6 Å². The van der Waals surface area contributed by atoms with Gasteiger partial charge in [-0.2, -0.15) is 0 Å². The fraction of sp³-hybridized carbons (Fsp3) is 0.455. The predicted molar refractivity (Wildman–Crippen MR) is 111 cm³/mol. The highest BCUT2D eigenvalue weighted by Gasteiger charge is 2.24. The van der Waals surface area contributed by atoms with Crippen LogP contribution in [-0.2, 0) is 11.2 Å². The minimum atomic E-state index is -0.179. The van der Waals surface area contributed by atoms with E-state index in [0.29, 0.717) is 25.2 Å². The summed E-state index contributed by atoms with van der Waals surface area (Å²) >= 11 is 0. The van der Waals surface area contributed by atoms with Gasteiger partial charge in [0.05, 0.1) is 38.9 Å². The Morgan fingerprint density at radius 2 is 1.86 bits per heavy atom. The van der Waals surface area contributed by atoms with Gasteiger partial charge < -0.3 is 14.7 Å². The molecule has 154 valence electrons. The van der Waals surface area contributed by atoms with Crippen molar-refractivity contribution in [2.75, 3.05) is 45.8 Å². The lowest BCUT2D eigenvalue weighted by atomic mass is 10.1. The van der Waals surface area contributed by atoms with Crippen LogP contribution in [0.5, 0.6) is 0 Å². The molecule has 1 aromatic carbocycles. The summed E-state index contributed by atoms with van der Waals surface area (Å²) in [7, 11) is 0. The SMILES string of the molecule is CC[NH+]1CCN(C(=O)CCN(CCc2ccccc2)C(=O)c2cnccn2)CC1. The Morgan fingerprint density at radius 3 is 2.52 bits per heavy atom. The molecule has 1 aliphatic heterocycles. The molecule has 0 saturated carbocycles. The van der Waals surface area contributed by atoms with Crippen molar-refractivity contribution in [1.29, 1.82) is 0 Å². The number of likely N-dealkylation sites (N-methyl/N-ethyl adjacent to an activating group) is 1. The summed E-state index contributed by atoms with van der Waals surface area (Å²) in [6.45, 7) is 7.80. The molecule has 1 aliphatic rings. The average molecular weight is 397 g/mol. The molecule has 2 amide bonds. The minimum absolute atomic E-state index is 0.122. The molecule has 0 radical (unpaired) electrons. The molecule has 2 heterocycles. The van der Waals surface area contributed by atoms with Gasteiger partial charge in [0.2, 0.25) is 5.91 Å². The lowest BCUT2D eigenvalue weighted by molar-refractivity contribution is -0.902. The van der Waals surface area contributed by atoms with Crippen molar-refractivity contribution in [3.63, 3.8) is 0 Å². The monoisotopic (exact) mass is 396 g/mol. The molecule has 0 atom stereocenters. The van der Waals surface area contributed by atoms with Gasteiger partial charge in [0, 0.05) is 31.9 Å². The summed E-state index contributed by atoms with van der Waals surface area (Å²) < 4.78 is 0. The molecule has 3 rings (SSSR count). The van der Waals surface area contributed by atoms with E-state index in [1.165, 1.54) is 17.3 Å². The van der Waals surface area contributed by atoms with Crippen molar-refractivity contribution in [3.8, 4) is 0 Å². The predicted octanol–water partition coefficient (Wildman–Crippen LogP) is 0.299. The fourth-order valence-electron chi connectivity index (χ4n) is 3.61. The van der Waals surface area contributed by atoms with E-state index in [4.69, 9.17) is 0 Å². The van der Waals surface area contributed by atoms with Crippen molar-refractivity contribution in [2.24, 2.45) is 0 Å². The third-order valence-electron chi connectivity index (χ3n) is 5.50. The van der Waals surface area contributed by atoms with Gasteiger partial charge in [-0.1, -0.05) is 30.3 Å². The van der Waals surface area contributed by atoms with E-state index in [1.807, 2.05) is 35.2 Å². The molecular formula is C22H30N5O2+. The molecule has 2 aromatic rings. The number of nitrogens with one attached hydrogen (secondary N) is 1. The second kappa shape index (κ2) is 10.7. The van der Waals surface area contributed by atoms with Gasteiger partial charge in [0.25, 0.3) is 5.91 Å². The van der Waals surface area contributed by atoms with Crippen molar-refractivity contribution in [2.45, 2.75) is 19.8 Å². The molecule has 0 aliphatic carbocycles. The van der Waals surface area contributed by atoms with Crippen LogP contribution in [0.4, 0.5) is 0 Å². The normalized spacial score (nSPS) is 14.6. The number of nitrogens with zero attached hydrogens (tertiary/aromatic N) is 4. The summed E-state index contributed by atoms with van der Waals surface area (Å²) in [5.41, 5.74) is 1.47. The molecule has 7 nitrogen and oxygen atoms in total. The summed E-state index contributed by atoms with van der Waals surface area (Å²) in [6.07, 6.45) is 5.62. The molecule has 1 fully saturated rings. The second-order valence-corrected chi connectivity index (χ2v) is 7.35. The van der Waals surface area contributed by atoms with E-state index in [0.717, 1.165) is 44.7 Å². The van der Waals surface area contributed by atoms with Crippen LogP contribution in [0.25, 0.3) is 0 Å². The molecule has 1 aromatic heterocycles. The van der Waals surface area contributed by atoms with Crippen molar-refractivity contribution in [1.82, 2.24) is 19.8 Å². The molecule has 0 spiro atoms. The fourth-order valence-corrected chi connectivity index (χ4v) is 3.61. The molecule has 7 heteroatoms. The number of amides is 2. The van der Waals surface area contributed by atoms with Gasteiger partial charge in [-0.05, 0) is 18.9 Å². The first kappa shape index (κ1) is 20.9. The Labute approximate surface area is 172 Å². The first-order valence-corrected chi connectivity index (χ1v) is 10.4. The lowest BCUT2D eigenvalue weighted by Crippen LogP contribution is -3.14. The van der Waals surface area contributed by atoms with Crippen LogP contribution in [0.15, 0.2) is 48.9 Å². The van der Waals surface area contributed by atoms with Gasteiger partial charge in [0.1, 0.15) is 5.69 Å². The van der Waals surface area contributed by atoms with Crippen LogP contribution in [0.1, 0.15) is 29.4 Å². The van der Waals surface area contributed by atoms with Gasteiger partial charge in [-0.25, -0.2) is 4.98 Å². The standard InChI is InChI=1S/C22H29N5O2/c1-2-25-14-16-26(17-15-25)21(28)9-13-27(12-8-19-6-4-3-5-7-19)22(29)20-18-23-10-11-24-20/h3-7,10-11,18H,2,8-9,12-17H2,1H3/p+1. The van der Waals surface area contributed by atoms with Crippen molar-refractivity contribution >= 4 is 11.8 Å². The highest BCUT2D eigenvalue weighted by atomic mass is 16.2. The molecule has 1 N–H and O–H groups in total. The van der Waals surface area contributed by atoms with Crippen LogP contribution in [0.3, 0.4) is 0 Å². The molecule has 1 saturated heterocycles. The number of hydrogen-bond acceptors (Lipinski definition) is 4. The maximum absolute atomic E-state index is 12.9. The maximum Gasteiger partial charge on any atom is 0.274 e. The van der Waals surface area contributed by atoms with Crippen LogP contribution in [-0.4, -0.2) is 77.4 Å². The Hall–Kier alpha value is -2.80. The summed E-state index contributed by atoms with van der Waals surface area (Å²) in [4.78, 5) is 38.9. The van der Waals surface area contributed by atoms with E-state index in [-0.39, 0.29) is 11.8 Å². The Kier molecular flexibility index (Phi) is 7.69. The quantitative estimate of drug-likeness (QED) is 0.697. The number of piperazine rings is 1. The number of hydrogen-bond donors (Lipinski definition) is 1. The third-order valence-corrected chi connectivity index (χ3v) is 5.50. The average Bonchev–Trinajstić information content (AvgIpc) is 2.80. The largest absolute Gasteiger partial charge is 0.336 e. The Balaban J connectivity index is 1.60. The van der Waals surface area contributed by atoms with E-state index in [2.05, 4.69) is 16.9 Å². The number of carbonyl (C=O) groups is 2. The Morgan fingerprint density at radius 1 is 1.10 bits per heavy atom. The number of aromatic nitrogens is 2. The summed E-state index contributed by atoms with van der Waals surface area (Å²) in [5, 5.41) is 0. The number of benzene rings is 1. The van der Waals surface area contributed by atoms with E-state index in [1.54, 1.807) is 11.1 Å². The van der Waals surface area contributed by atoms with Gasteiger partial charge in [0.15, 0.2) is 0 Å². The van der Waals surface area contributed by atoms with Crippen LogP contribution in [0.2, 0.25) is 0 Å². The topological polar surface area (TPSA) is 70.8 Å². The van der Waals surface area contributed by atoms with Crippen LogP contribution in [0, 0.1) is 0 Å². The van der Waals surface area contributed by atoms with Gasteiger partial charge in [-0.15, -0.1) is 0 Å². The highest BCUT2D eigenvalue weighted by Crippen LogP contribution is 2.07. The zero-order valence-corrected chi connectivity index (χ0v) is 17.1. The van der Waals surface area contributed by atoms with E-state index >= 15 is 0 Å². The molecular weight excluding hydrogens is 366 g/mol. The van der Waals surface area contributed by atoms with E-state index < -0.39 is 0 Å². The lowest BCUT2D eigenvalue weighted by Gasteiger charge is -2.32. The van der Waals surface area contributed by atoms with Crippen molar-refractivity contribution in [3.05, 3.63) is 60.2 Å². The Bertz CT molecular complexity index is 776.